The van der Waals surface area contributed by atoms with Gasteiger partial charge in [-0.3, -0.25) is 10.00 Å². The van der Waals surface area contributed by atoms with Crippen LogP contribution in [0.1, 0.15) is 19.2 Å². The first kappa shape index (κ1) is 17.7. The Morgan fingerprint density at radius 1 is 1.23 bits per heavy atom. The first-order valence-electron chi connectivity index (χ1n) is 8.69. The summed E-state index contributed by atoms with van der Waals surface area (Å²) >= 11 is 0. The van der Waals surface area contributed by atoms with E-state index in [4.69, 9.17) is 0 Å². The number of nitrogens with one attached hydrogen (secondary N) is 1. The first-order chi connectivity index (χ1) is 12.6. The van der Waals surface area contributed by atoms with Crippen molar-refractivity contribution in [3.63, 3.8) is 0 Å². The molecule has 2 aromatic heterocycles. The van der Waals surface area contributed by atoms with Crippen molar-refractivity contribution in [3.8, 4) is 11.1 Å². The number of carbonyl (C=O) groups excluding carboxylic acids is 1. The van der Waals surface area contributed by atoms with E-state index in [1.807, 2.05) is 55.2 Å². The third kappa shape index (κ3) is 3.77. The number of hydrogen-bond acceptors (Lipinski definition) is 3. The Labute approximate surface area is 153 Å². The molecule has 0 aliphatic heterocycles. The Morgan fingerprint density at radius 2 is 2.00 bits per heavy atom. The number of urea groups is 1. The molecule has 1 aromatic carbocycles. The number of amides is 2. The van der Waals surface area contributed by atoms with E-state index in [-0.39, 0.29) is 6.03 Å². The molecule has 0 aliphatic rings. The summed E-state index contributed by atoms with van der Waals surface area (Å²) in [5.74, 6) is 1.53. The second kappa shape index (κ2) is 7.86. The van der Waals surface area contributed by atoms with Crippen molar-refractivity contribution in [2.45, 2.75) is 19.9 Å². The Morgan fingerprint density at radius 3 is 2.65 bits per heavy atom. The third-order valence-corrected chi connectivity index (χ3v) is 4.28. The third-order valence-electron chi connectivity index (χ3n) is 4.28. The van der Waals surface area contributed by atoms with Gasteiger partial charge in [0.15, 0.2) is 0 Å². The van der Waals surface area contributed by atoms with Gasteiger partial charge in [0, 0.05) is 38.6 Å². The Hall–Kier alpha value is -3.09. The van der Waals surface area contributed by atoms with Gasteiger partial charge >= 0.3 is 6.03 Å². The number of imidazole rings is 1. The zero-order chi connectivity index (χ0) is 18.5. The summed E-state index contributed by atoms with van der Waals surface area (Å²) in [6.07, 6.45) is 6.26. The summed E-state index contributed by atoms with van der Waals surface area (Å²) in [5.41, 5.74) is 1.91. The molecule has 0 saturated carbocycles. The molecule has 0 radical (unpaired) electrons. The van der Waals surface area contributed by atoms with Crippen LogP contribution in [0.4, 0.5) is 10.6 Å². The number of nitrogens with zero attached hydrogens (tertiary/aromatic N) is 5. The molecule has 26 heavy (non-hydrogen) atoms. The quantitative estimate of drug-likeness (QED) is 0.740. The van der Waals surface area contributed by atoms with Crippen LogP contribution in [0.2, 0.25) is 0 Å². The number of benzene rings is 1. The molecule has 0 atom stereocenters. The van der Waals surface area contributed by atoms with Crippen LogP contribution in [0.25, 0.3) is 11.1 Å². The molecule has 7 nitrogen and oxygen atoms in total. The normalized spacial score (nSPS) is 10.7. The Bertz CT molecular complexity index is 867. The highest BCUT2D eigenvalue weighted by Gasteiger charge is 2.19. The van der Waals surface area contributed by atoms with Crippen molar-refractivity contribution >= 4 is 11.8 Å². The number of anilines is 1. The standard InChI is InChI=1S/C19H24N6O/c1-4-11-25(14-17-20-10-12-23(17)2)19(26)22-18-16(13-21-24(18)3)15-8-6-5-7-9-15/h5-10,12-13H,4,11,14H2,1-3H3,(H,22,26). The van der Waals surface area contributed by atoms with Crippen LogP contribution in [0.3, 0.4) is 0 Å². The second-order valence-electron chi connectivity index (χ2n) is 6.20. The van der Waals surface area contributed by atoms with Gasteiger partial charge in [-0.15, -0.1) is 0 Å². The van der Waals surface area contributed by atoms with Gasteiger partial charge in [-0.05, 0) is 12.0 Å². The summed E-state index contributed by atoms with van der Waals surface area (Å²) in [7, 11) is 3.75. The van der Waals surface area contributed by atoms with E-state index in [1.54, 1.807) is 22.0 Å². The maximum absolute atomic E-state index is 12.9. The lowest BCUT2D eigenvalue weighted by molar-refractivity contribution is 0.207. The molecule has 0 saturated heterocycles. The van der Waals surface area contributed by atoms with Crippen molar-refractivity contribution in [2.75, 3.05) is 11.9 Å². The SMILES string of the molecule is CCCN(Cc1nccn1C)C(=O)Nc1c(-c2ccccc2)cnn1C. The molecule has 0 fully saturated rings. The summed E-state index contributed by atoms with van der Waals surface area (Å²) < 4.78 is 3.61. The van der Waals surface area contributed by atoms with Crippen LogP contribution in [-0.4, -0.2) is 36.8 Å². The average molecular weight is 352 g/mol. The van der Waals surface area contributed by atoms with Gasteiger partial charge in [0.1, 0.15) is 11.6 Å². The zero-order valence-electron chi connectivity index (χ0n) is 15.4. The monoisotopic (exact) mass is 352 g/mol. The van der Waals surface area contributed by atoms with Gasteiger partial charge < -0.3 is 9.47 Å². The lowest BCUT2D eigenvalue weighted by atomic mass is 10.1. The van der Waals surface area contributed by atoms with Crippen LogP contribution in [0, 0.1) is 0 Å². The van der Waals surface area contributed by atoms with E-state index in [0.29, 0.717) is 18.9 Å². The van der Waals surface area contributed by atoms with E-state index in [1.165, 1.54) is 0 Å². The molecular weight excluding hydrogens is 328 g/mol. The fourth-order valence-electron chi connectivity index (χ4n) is 2.84. The van der Waals surface area contributed by atoms with Gasteiger partial charge in [0.25, 0.3) is 0 Å². The number of carbonyl (C=O) groups is 1. The van der Waals surface area contributed by atoms with Crippen LogP contribution in [-0.2, 0) is 20.6 Å². The molecule has 7 heteroatoms. The molecule has 2 heterocycles. The predicted octanol–water partition coefficient (Wildman–Crippen LogP) is 3.26. The van der Waals surface area contributed by atoms with Crippen molar-refractivity contribution in [3.05, 3.63) is 54.7 Å². The van der Waals surface area contributed by atoms with Crippen molar-refractivity contribution < 1.29 is 4.79 Å². The van der Waals surface area contributed by atoms with Crippen LogP contribution in [0.15, 0.2) is 48.9 Å². The summed E-state index contributed by atoms with van der Waals surface area (Å²) in [5, 5.41) is 7.33. The van der Waals surface area contributed by atoms with E-state index in [9.17, 15) is 4.79 Å². The van der Waals surface area contributed by atoms with Crippen molar-refractivity contribution in [1.29, 1.82) is 0 Å². The second-order valence-corrected chi connectivity index (χ2v) is 6.20. The first-order valence-corrected chi connectivity index (χ1v) is 8.69. The van der Waals surface area contributed by atoms with Gasteiger partial charge in [-0.1, -0.05) is 37.3 Å². The molecule has 0 unspecified atom stereocenters. The molecule has 3 rings (SSSR count). The lowest BCUT2D eigenvalue weighted by Gasteiger charge is -2.22. The topological polar surface area (TPSA) is 68.0 Å². The largest absolute Gasteiger partial charge is 0.337 e. The summed E-state index contributed by atoms with van der Waals surface area (Å²) in [6, 6.07) is 9.76. The van der Waals surface area contributed by atoms with Gasteiger partial charge in [-0.25, -0.2) is 9.78 Å². The molecule has 1 N–H and O–H groups in total. The Balaban J connectivity index is 1.82. The zero-order valence-corrected chi connectivity index (χ0v) is 15.4. The molecule has 0 aliphatic carbocycles. The molecule has 3 aromatic rings. The lowest BCUT2D eigenvalue weighted by Crippen LogP contribution is -2.36. The summed E-state index contributed by atoms with van der Waals surface area (Å²) in [4.78, 5) is 19.0. The minimum Gasteiger partial charge on any atom is -0.337 e. The Kier molecular flexibility index (Phi) is 5.36. The highest BCUT2D eigenvalue weighted by atomic mass is 16.2. The molecule has 2 amide bonds. The number of rotatable bonds is 6. The van der Waals surface area contributed by atoms with E-state index in [2.05, 4.69) is 22.3 Å². The van der Waals surface area contributed by atoms with Gasteiger partial charge in [-0.2, -0.15) is 5.10 Å². The van der Waals surface area contributed by atoms with Gasteiger partial charge in [0.2, 0.25) is 0 Å². The fraction of sp³-hybridized carbons (Fsp3) is 0.316. The molecule has 136 valence electrons. The minimum absolute atomic E-state index is 0.157. The number of hydrogen-bond donors (Lipinski definition) is 1. The predicted molar refractivity (Wildman–Crippen MR) is 102 cm³/mol. The van der Waals surface area contributed by atoms with Crippen LogP contribution in [0.5, 0.6) is 0 Å². The maximum Gasteiger partial charge on any atom is 0.323 e. The molecule has 0 bridgehead atoms. The van der Waals surface area contributed by atoms with Gasteiger partial charge in [0.05, 0.1) is 12.7 Å². The van der Waals surface area contributed by atoms with E-state index >= 15 is 0 Å². The van der Waals surface area contributed by atoms with E-state index < -0.39 is 0 Å². The van der Waals surface area contributed by atoms with Crippen LogP contribution < -0.4 is 5.32 Å². The molecule has 0 spiro atoms. The minimum atomic E-state index is -0.157. The van der Waals surface area contributed by atoms with Crippen molar-refractivity contribution in [1.82, 2.24) is 24.2 Å². The van der Waals surface area contributed by atoms with Crippen molar-refractivity contribution in [2.24, 2.45) is 14.1 Å². The maximum atomic E-state index is 12.9. The number of aryl methyl sites for hydroxylation is 2. The average Bonchev–Trinajstić information content (AvgIpc) is 3.21. The van der Waals surface area contributed by atoms with Crippen LogP contribution >= 0.6 is 0 Å². The fourth-order valence-corrected chi connectivity index (χ4v) is 2.84. The van der Waals surface area contributed by atoms with E-state index in [0.717, 1.165) is 23.4 Å². The highest BCUT2D eigenvalue weighted by Crippen LogP contribution is 2.27. The molecular formula is C19H24N6O. The number of aromatic nitrogens is 4. The summed E-state index contributed by atoms with van der Waals surface area (Å²) in [6.45, 7) is 3.16. The highest BCUT2D eigenvalue weighted by molar-refractivity contribution is 5.93. The smallest absolute Gasteiger partial charge is 0.323 e.